The Labute approximate surface area is 91.7 Å². The van der Waals surface area contributed by atoms with Gasteiger partial charge in [-0.2, -0.15) is 5.26 Å². The van der Waals surface area contributed by atoms with E-state index in [2.05, 4.69) is 0 Å². The predicted molar refractivity (Wildman–Crippen MR) is 58.4 cm³/mol. The number of nitrogens with zero attached hydrogens (tertiary/aromatic N) is 1. The average Bonchev–Trinajstić information content (AvgIpc) is 2.30. The Balaban J connectivity index is 2.84. The Morgan fingerprint density at radius 3 is 3.00 bits per heavy atom. The van der Waals surface area contributed by atoms with E-state index in [9.17, 15) is 4.79 Å². The Kier molecular flexibility index (Phi) is 2.61. The molecule has 0 amide bonds. The number of benzene rings is 1. The zero-order valence-corrected chi connectivity index (χ0v) is 8.69. The first-order chi connectivity index (χ1) is 7.77. The maximum absolute atomic E-state index is 11.9. The number of hydrogen-bond acceptors (Lipinski definition) is 4. The van der Waals surface area contributed by atoms with Crippen LogP contribution >= 0.6 is 0 Å². The highest BCUT2D eigenvalue weighted by molar-refractivity contribution is 5.84. The number of rotatable bonds is 2. The molecule has 2 rings (SSSR count). The zero-order valence-electron chi connectivity index (χ0n) is 8.69. The second-order valence-corrected chi connectivity index (χ2v) is 3.15. The standard InChI is InChI=1S/C12H9NO3/c1-2-15-9-4-3-5-10-11(9)12(14)8(6-13)7-16-10/h3-5,7H,2H2,1H3. The van der Waals surface area contributed by atoms with Crippen LogP contribution in [0.4, 0.5) is 0 Å². The van der Waals surface area contributed by atoms with Crippen LogP contribution in [-0.2, 0) is 0 Å². The summed E-state index contributed by atoms with van der Waals surface area (Å²) in [5.41, 5.74) is 0.0578. The molecule has 0 N–H and O–H groups in total. The van der Waals surface area contributed by atoms with Crippen LogP contribution < -0.4 is 10.2 Å². The third kappa shape index (κ3) is 1.52. The first-order valence-corrected chi connectivity index (χ1v) is 4.85. The summed E-state index contributed by atoms with van der Waals surface area (Å²) >= 11 is 0. The minimum atomic E-state index is -0.354. The molecule has 0 spiro atoms. The summed E-state index contributed by atoms with van der Waals surface area (Å²) in [5.74, 6) is 0.450. The lowest BCUT2D eigenvalue weighted by atomic mass is 10.1. The van der Waals surface area contributed by atoms with E-state index >= 15 is 0 Å². The molecule has 2 aromatic rings. The van der Waals surface area contributed by atoms with Crippen LogP contribution in [0.3, 0.4) is 0 Å². The van der Waals surface area contributed by atoms with Crippen molar-refractivity contribution in [3.05, 3.63) is 40.2 Å². The van der Waals surface area contributed by atoms with Crippen molar-refractivity contribution in [1.82, 2.24) is 0 Å². The van der Waals surface area contributed by atoms with E-state index in [0.717, 1.165) is 0 Å². The maximum atomic E-state index is 11.9. The second kappa shape index (κ2) is 4.07. The van der Waals surface area contributed by atoms with Crippen molar-refractivity contribution in [1.29, 1.82) is 5.26 Å². The normalized spacial score (nSPS) is 10.0. The fraction of sp³-hybridized carbons (Fsp3) is 0.167. The summed E-state index contributed by atoms with van der Waals surface area (Å²) in [7, 11) is 0. The van der Waals surface area contributed by atoms with Gasteiger partial charge >= 0.3 is 0 Å². The predicted octanol–water partition coefficient (Wildman–Crippen LogP) is 2.06. The summed E-state index contributed by atoms with van der Waals surface area (Å²) in [6, 6.07) is 6.88. The van der Waals surface area contributed by atoms with Crippen molar-refractivity contribution < 1.29 is 9.15 Å². The quantitative estimate of drug-likeness (QED) is 0.769. The molecule has 1 aromatic carbocycles. The van der Waals surface area contributed by atoms with Gasteiger partial charge in [0, 0.05) is 0 Å². The Morgan fingerprint density at radius 1 is 1.50 bits per heavy atom. The van der Waals surface area contributed by atoms with Gasteiger partial charge in [-0.1, -0.05) is 6.07 Å². The molecule has 4 nitrogen and oxygen atoms in total. The lowest BCUT2D eigenvalue weighted by Gasteiger charge is -2.05. The third-order valence-corrected chi connectivity index (χ3v) is 2.18. The van der Waals surface area contributed by atoms with E-state index in [1.165, 1.54) is 6.26 Å². The number of fused-ring (bicyclic) bond motifs is 1. The van der Waals surface area contributed by atoms with Gasteiger partial charge in [0.1, 0.15) is 34.6 Å². The van der Waals surface area contributed by atoms with Gasteiger partial charge in [-0.3, -0.25) is 4.79 Å². The van der Waals surface area contributed by atoms with Crippen molar-refractivity contribution in [3.8, 4) is 11.8 Å². The molecule has 0 bridgehead atoms. The van der Waals surface area contributed by atoms with E-state index in [1.807, 2.05) is 6.92 Å². The number of ether oxygens (including phenoxy) is 1. The topological polar surface area (TPSA) is 63.2 Å². The van der Waals surface area contributed by atoms with Crippen LogP contribution in [-0.4, -0.2) is 6.61 Å². The monoisotopic (exact) mass is 215 g/mol. The highest BCUT2D eigenvalue weighted by atomic mass is 16.5. The van der Waals surface area contributed by atoms with Gasteiger partial charge in [0.05, 0.1) is 6.61 Å². The molecule has 0 saturated heterocycles. The summed E-state index contributed by atoms with van der Waals surface area (Å²) < 4.78 is 10.5. The molecule has 80 valence electrons. The maximum Gasteiger partial charge on any atom is 0.214 e. The van der Waals surface area contributed by atoms with Crippen molar-refractivity contribution in [3.63, 3.8) is 0 Å². The number of nitriles is 1. The molecule has 16 heavy (non-hydrogen) atoms. The van der Waals surface area contributed by atoms with Crippen LogP contribution in [0.2, 0.25) is 0 Å². The Bertz CT molecular complexity index is 622. The molecule has 0 aliphatic heterocycles. The van der Waals surface area contributed by atoms with Crippen LogP contribution in [0, 0.1) is 11.3 Å². The SMILES string of the molecule is CCOc1cccc2occ(C#N)c(=O)c12. The van der Waals surface area contributed by atoms with Gasteiger partial charge in [0.25, 0.3) is 0 Å². The molecule has 0 atom stereocenters. The zero-order chi connectivity index (χ0) is 11.5. The fourth-order valence-electron chi connectivity index (χ4n) is 1.50. The second-order valence-electron chi connectivity index (χ2n) is 3.15. The number of hydrogen-bond donors (Lipinski definition) is 0. The highest BCUT2D eigenvalue weighted by Gasteiger charge is 2.11. The van der Waals surface area contributed by atoms with Crippen LogP contribution in [0.25, 0.3) is 11.0 Å². The average molecular weight is 215 g/mol. The van der Waals surface area contributed by atoms with E-state index in [4.69, 9.17) is 14.4 Å². The Morgan fingerprint density at radius 2 is 2.31 bits per heavy atom. The lowest BCUT2D eigenvalue weighted by molar-refractivity contribution is 0.343. The van der Waals surface area contributed by atoms with E-state index in [-0.39, 0.29) is 11.0 Å². The van der Waals surface area contributed by atoms with E-state index in [1.54, 1.807) is 24.3 Å². The van der Waals surface area contributed by atoms with Gasteiger partial charge in [-0.25, -0.2) is 0 Å². The molecule has 0 radical (unpaired) electrons. The van der Waals surface area contributed by atoms with E-state index < -0.39 is 0 Å². The van der Waals surface area contributed by atoms with Gasteiger partial charge < -0.3 is 9.15 Å². The van der Waals surface area contributed by atoms with Gasteiger partial charge in [-0.05, 0) is 19.1 Å². The molecule has 0 fully saturated rings. The molecular weight excluding hydrogens is 206 g/mol. The largest absolute Gasteiger partial charge is 0.493 e. The molecule has 0 saturated carbocycles. The van der Waals surface area contributed by atoms with Crippen LogP contribution in [0.15, 0.2) is 33.7 Å². The van der Waals surface area contributed by atoms with Crippen LogP contribution in [0.5, 0.6) is 5.75 Å². The molecule has 4 heteroatoms. The molecule has 0 aliphatic rings. The van der Waals surface area contributed by atoms with Crippen molar-refractivity contribution >= 4 is 11.0 Å². The summed E-state index contributed by atoms with van der Waals surface area (Å²) in [6.07, 6.45) is 1.17. The molecular formula is C12H9NO3. The molecule has 1 heterocycles. The first-order valence-electron chi connectivity index (χ1n) is 4.85. The summed E-state index contributed by atoms with van der Waals surface area (Å²) in [6.45, 7) is 2.28. The lowest BCUT2D eigenvalue weighted by Crippen LogP contribution is -2.07. The third-order valence-electron chi connectivity index (χ3n) is 2.18. The molecule has 0 unspecified atom stereocenters. The van der Waals surface area contributed by atoms with Crippen molar-refractivity contribution in [2.75, 3.05) is 6.61 Å². The van der Waals surface area contributed by atoms with E-state index in [0.29, 0.717) is 23.3 Å². The van der Waals surface area contributed by atoms with Gasteiger partial charge in [0.2, 0.25) is 5.43 Å². The minimum absolute atomic E-state index is 0.0142. The summed E-state index contributed by atoms with van der Waals surface area (Å²) in [5, 5.41) is 9.07. The summed E-state index contributed by atoms with van der Waals surface area (Å²) in [4.78, 5) is 11.9. The van der Waals surface area contributed by atoms with Gasteiger partial charge in [0.15, 0.2) is 0 Å². The highest BCUT2D eigenvalue weighted by Crippen LogP contribution is 2.22. The fourth-order valence-corrected chi connectivity index (χ4v) is 1.50. The minimum Gasteiger partial charge on any atom is -0.493 e. The molecule has 0 aliphatic carbocycles. The van der Waals surface area contributed by atoms with Crippen LogP contribution in [0.1, 0.15) is 12.5 Å². The first kappa shape index (κ1) is 10.2. The van der Waals surface area contributed by atoms with Gasteiger partial charge in [-0.15, -0.1) is 0 Å². The van der Waals surface area contributed by atoms with Crippen molar-refractivity contribution in [2.24, 2.45) is 0 Å². The smallest absolute Gasteiger partial charge is 0.214 e. The Hall–Kier alpha value is -2.28. The molecule has 1 aromatic heterocycles. The van der Waals surface area contributed by atoms with Crippen molar-refractivity contribution in [2.45, 2.75) is 6.92 Å².